The van der Waals surface area contributed by atoms with Crippen LogP contribution in [0, 0.1) is 11.8 Å². The second kappa shape index (κ2) is 13.5. The van der Waals surface area contributed by atoms with Crippen molar-refractivity contribution in [2.45, 2.75) is 76.2 Å². The number of fused-ring (bicyclic) bond motifs is 2. The number of aromatic nitrogens is 3. The van der Waals surface area contributed by atoms with Crippen molar-refractivity contribution in [1.29, 1.82) is 0 Å². The molecule has 2 aliphatic carbocycles. The molecule has 3 heterocycles. The van der Waals surface area contributed by atoms with Gasteiger partial charge < -0.3 is 28.7 Å². The fraction of sp³-hybridized carbons (Fsp3) is 0.528. The molecule has 4 aliphatic rings. The Morgan fingerprint density at radius 1 is 0.980 bits per heavy atom. The molecule has 49 heavy (non-hydrogen) atoms. The normalized spacial score (nSPS) is 24.5. The topological polar surface area (TPSA) is 125 Å². The molecule has 7 rings (SSSR count). The first-order chi connectivity index (χ1) is 23.7. The second-order valence-electron chi connectivity index (χ2n) is 13.4. The third-order valence-electron chi connectivity index (χ3n) is 10.6. The summed E-state index contributed by atoms with van der Waals surface area (Å²) in [7, 11) is 4.93. The Kier molecular flexibility index (Phi) is 9.17. The average molecular weight is 692 g/mol. The van der Waals surface area contributed by atoms with Crippen LogP contribution >= 0.6 is 11.6 Å². The number of nitrogens with zero attached hydrogens (tertiary/aromatic N) is 5. The number of carbonyl (C=O) groups is 3. The van der Waals surface area contributed by atoms with Crippen LogP contribution in [0.2, 0.25) is 5.02 Å². The molecule has 3 aromatic rings. The Balaban J connectivity index is 1.18. The molecular formula is C36H42ClN5O7. The van der Waals surface area contributed by atoms with Gasteiger partial charge in [0.05, 0.1) is 43.8 Å². The molecule has 2 aromatic carbocycles. The fourth-order valence-corrected chi connectivity index (χ4v) is 8.47. The van der Waals surface area contributed by atoms with Crippen LogP contribution in [0.1, 0.15) is 67.3 Å². The van der Waals surface area contributed by atoms with Gasteiger partial charge in [-0.15, -0.1) is 5.10 Å². The zero-order valence-electron chi connectivity index (χ0n) is 28.2. The number of benzene rings is 2. The van der Waals surface area contributed by atoms with Gasteiger partial charge in [0.1, 0.15) is 36.2 Å². The van der Waals surface area contributed by atoms with Crippen LogP contribution in [0.15, 0.2) is 36.5 Å². The van der Waals surface area contributed by atoms with Gasteiger partial charge in [-0.25, -0.2) is 0 Å². The predicted octanol–water partition coefficient (Wildman–Crippen LogP) is 4.59. The zero-order chi connectivity index (χ0) is 34.3. The van der Waals surface area contributed by atoms with E-state index in [4.69, 9.17) is 30.5 Å². The molecule has 0 bridgehead atoms. The minimum absolute atomic E-state index is 0.0224. The van der Waals surface area contributed by atoms with Crippen LogP contribution in [-0.4, -0.2) is 75.9 Å². The zero-order valence-corrected chi connectivity index (χ0v) is 28.9. The Hall–Kier alpha value is -4.32. The molecule has 0 radical (unpaired) electrons. The largest absolute Gasteiger partial charge is 0.497 e. The van der Waals surface area contributed by atoms with E-state index >= 15 is 0 Å². The summed E-state index contributed by atoms with van der Waals surface area (Å²) in [6.45, 7) is 1.29. The van der Waals surface area contributed by atoms with Crippen molar-refractivity contribution in [2.75, 3.05) is 27.3 Å². The first-order valence-electron chi connectivity index (χ1n) is 17.0. The van der Waals surface area contributed by atoms with Crippen LogP contribution < -0.4 is 14.2 Å². The number of likely N-dealkylation sites (tertiary alicyclic amines) is 1. The number of aryl methyl sites for hydroxylation is 1. The number of hydrogen-bond donors (Lipinski definition) is 0. The SMILES string of the molecule is COc1ccc(COC(=O)[C@H]2CCCC[C@H]2C(=O)N2CCc3c(Cl)ccc(OCc4cn(C)nn4)c3[C@@]23C[C@H]3N2CCCC2=O)c(OC)c1. The molecule has 13 heteroatoms. The number of esters is 1. The van der Waals surface area contributed by atoms with Crippen molar-refractivity contribution >= 4 is 29.4 Å². The molecule has 1 saturated heterocycles. The standard InChI is InChI=1S/C36H42ClN5O7/c1-40-19-23(38-39-40)21-48-29-13-12-28(37)27-14-16-42(36(33(27)29)18-31(36)41-15-6-9-32(41)43)34(44)25-7-4-5-8-26(25)35(45)49-20-22-10-11-24(46-2)17-30(22)47-3/h10-13,17,19,25-26,31H,4-9,14-16,18,20-21H2,1-3H3/t25-,26+,31-,36+/m1/s1. The smallest absolute Gasteiger partial charge is 0.310 e. The summed E-state index contributed by atoms with van der Waals surface area (Å²) in [5.41, 5.74) is 2.36. The predicted molar refractivity (Wildman–Crippen MR) is 178 cm³/mol. The molecule has 3 fully saturated rings. The summed E-state index contributed by atoms with van der Waals surface area (Å²) in [5.74, 6) is 0.313. The van der Waals surface area contributed by atoms with Gasteiger partial charge in [0.15, 0.2) is 0 Å². The summed E-state index contributed by atoms with van der Waals surface area (Å²) < 4.78 is 24.7. The number of rotatable bonds is 10. The van der Waals surface area contributed by atoms with E-state index in [-0.39, 0.29) is 37.0 Å². The number of amides is 2. The van der Waals surface area contributed by atoms with Crippen molar-refractivity contribution in [3.63, 3.8) is 0 Å². The highest BCUT2D eigenvalue weighted by molar-refractivity contribution is 6.31. The Bertz CT molecular complexity index is 1760. The molecule has 12 nitrogen and oxygen atoms in total. The van der Waals surface area contributed by atoms with E-state index in [0.717, 1.165) is 30.4 Å². The number of carbonyl (C=O) groups excluding carboxylic acids is 3. The average Bonchev–Trinajstić information content (AvgIpc) is 3.40. The van der Waals surface area contributed by atoms with E-state index in [1.165, 1.54) is 0 Å². The molecule has 2 aliphatic heterocycles. The van der Waals surface area contributed by atoms with Gasteiger partial charge in [0.25, 0.3) is 0 Å². The second-order valence-corrected chi connectivity index (χ2v) is 13.8. The Morgan fingerprint density at radius 2 is 1.80 bits per heavy atom. The van der Waals surface area contributed by atoms with Gasteiger partial charge >= 0.3 is 5.97 Å². The van der Waals surface area contributed by atoms with E-state index < -0.39 is 17.4 Å². The van der Waals surface area contributed by atoms with Crippen LogP contribution in [0.25, 0.3) is 0 Å². The third kappa shape index (κ3) is 6.08. The van der Waals surface area contributed by atoms with Crippen molar-refractivity contribution < 1.29 is 33.3 Å². The summed E-state index contributed by atoms with van der Waals surface area (Å²) >= 11 is 6.85. The summed E-state index contributed by atoms with van der Waals surface area (Å²) in [5, 5.41) is 8.80. The molecule has 1 aromatic heterocycles. The van der Waals surface area contributed by atoms with Crippen molar-refractivity contribution in [2.24, 2.45) is 18.9 Å². The van der Waals surface area contributed by atoms with E-state index in [1.54, 1.807) is 44.3 Å². The van der Waals surface area contributed by atoms with Crippen molar-refractivity contribution in [3.8, 4) is 17.2 Å². The van der Waals surface area contributed by atoms with E-state index in [0.29, 0.717) is 78.7 Å². The van der Waals surface area contributed by atoms with E-state index in [9.17, 15) is 14.4 Å². The molecular weight excluding hydrogens is 650 g/mol. The summed E-state index contributed by atoms with van der Waals surface area (Å²) in [4.78, 5) is 45.6. The molecule has 1 spiro atoms. The van der Waals surface area contributed by atoms with Crippen molar-refractivity contribution in [1.82, 2.24) is 24.8 Å². The van der Waals surface area contributed by atoms with Gasteiger partial charge in [0.2, 0.25) is 11.8 Å². The molecule has 2 saturated carbocycles. The minimum Gasteiger partial charge on any atom is -0.497 e. The highest BCUT2D eigenvalue weighted by Crippen LogP contribution is 2.61. The Morgan fingerprint density at radius 3 is 2.51 bits per heavy atom. The highest BCUT2D eigenvalue weighted by Gasteiger charge is 2.68. The van der Waals surface area contributed by atoms with Crippen LogP contribution in [0.5, 0.6) is 17.2 Å². The lowest BCUT2D eigenvalue weighted by molar-refractivity contribution is -0.160. The van der Waals surface area contributed by atoms with Gasteiger partial charge in [-0.05, 0) is 55.5 Å². The molecule has 0 unspecified atom stereocenters. The third-order valence-corrected chi connectivity index (χ3v) is 11.0. The highest BCUT2D eigenvalue weighted by atomic mass is 35.5. The quantitative estimate of drug-likeness (QED) is 0.281. The minimum atomic E-state index is -0.810. The number of hydrogen-bond acceptors (Lipinski definition) is 9. The Labute approximate surface area is 290 Å². The van der Waals surface area contributed by atoms with Crippen LogP contribution in [0.4, 0.5) is 0 Å². The van der Waals surface area contributed by atoms with Gasteiger partial charge in [-0.1, -0.05) is 29.7 Å². The molecule has 260 valence electrons. The van der Waals surface area contributed by atoms with Gasteiger partial charge in [-0.2, -0.15) is 0 Å². The number of halogens is 1. The lowest BCUT2D eigenvalue weighted by Gasteiger charge is -2.44. The monoisotopic (exact) mass is 691 g/mol. The first kappa shape index (κ1) is 33.2. The maximum absolute atomic E-state index is 14.9. The van der Waals surface area contributed by atoms with Gasteiger partial charge in [-0.3, -0.25) is 19.1 Å². The maximum Gasteiger partial charge on any atom is 0.310 e. The maximum atomic E-state index is 14.9. The molecule has 0 N–H and O–H groups in total. The van der Waals surface area contributed by atoms with Crippen LogP contribution in [0.3, 0.4) is 0 Å². The summed E-state index contributed by atoms with van der Waals surface area (Å²) in [6, 6.07) is 8.83. The lowest BCUT2D eigenvalue weighted by Crippen LogP contribution is -2.53. The first-order valence-corrected chi connectivity index (χ1v) is 17.4. The summed E-state index contributed by atoms with van der Waals surface area (Å²) in [6.07, 6.45) is 7.02. The lowest BCUT2D eigenvalue weighted by atomic mass is 9.77. The number of ether oxygens (including phenoxy) is 4. The number of methoxy groups -OCH3 is 2. The van der Waals surface area contributed by atoms with E-state index in [2.05, 4.69) is 10.3 Å². The van der Waals surface area contributed by atoms with Crippen LogP contribution in [-0.2, 0) is 51.3 Å². The van der Waals surface area contributed by atoms with Crippen molar-refractivity contribution in [3.05, 3.63) is 63.9 Å². The fourth-order valence-electron chi connectivity index (χ4n) is 8.22. The molecule has 4 atom stereocenters. The van der Waals surface area contributed by atoms with E-state index in [1.807, 2.05) is 28.0 Å². The molecule has 2 amide bonds. The van der Waals surface area contributed by atoms with Gasteiger partial charge in [0, 0.05) is 55.2 Å².